The average Bonchev–Trinajstić information content (AvgIpc) is 2.99. The first-order chi connectivity index (χ1) is 14.4. The van der Waals surface area contributed by atoms with Gasteiger partial charge in [0.2, 0.25) is 5.91 Å². The molecular weight excluding hydrogens is 387 g/mol. The van der Waals surface area contributed by atoms with Crippen LogP contribution in [-0.4, -0.2) is 65.9 Å². The third-order valence-electron chi connectivity index (χ3n) is 6.90. The summed E-state index contributed by atoms with van der Waals surface area (Å²) in [5.74, 6) is -0.132. The van der Waals surface area contributed by atoms with E-state index in [1.54, 1.807) is 17.0 Å². The van der Waals surface area contributed by atoms with Crippen molar-refractivity contribution in [2.45, 2.75) is 44.6 Å². The summed E-state index contributed by atoms with van der Waals surface area (Å²) in [6, 6.07) is 5.86. The van der Waals surface area contributed by atoms with Gasteiger partial charge in [0.25, 0.3) is 5.91 Å². The molecule has 2 saturated heterocycles. The van der Waals surface area contributed by atoms with Crippen LogP contribution < -0.4 is 10.2 Å². The summed E-state index contributed by atoms with van der Waals surface area (Å²) in [5, 5.41) is 2.88. The zero-order valence-electron chi connectivity index (χ0n) is 17.4. The summed E-state index contributed by atoms with van der Waals surface area (Å²) in [4.78, 5) is 43.2. The van der Waals surface area contributed by atoms with Crippen molar-refractivity contribution >= 4 is 23.5 Å². The molecule has 1 aromatic rings. The van der Waals surface area contributed by atoms with Crippen LogP contribution >= 0.6 is 0 Å². The van der Waals surface area contributed by atoms with Gasteiger partial charge in [0, 0.05) is 31.9 Å². The minimum Gasteiger partial charge on any atom is -0.368 e. The molecule has 0 bridgehead atoms. The Morgan fingerprint density at radius 3 is 2.33 bits per heavy atom. The first kappa shape index (κ1) is 20.6. The Kier molecular flexibility index (Phi) is 5.66. The van der Waals surface area contributed by atoms with Crippen molar-refractivity contribution in [3.05, 3.63) is 30.1 Å². The van der Waals surface area contributed by atoms with E-state index < -0.39 is 11.6 Å². The average molecular weight is 416 g/mol. The van der Waals surface area contributed by atoms with Gasteiger partial charge in [-0.05, 0) is 55.9 Å². The van der Waals surface area contributed by atoms with Gasteiger partial charge in [0.15, 0.2) is 0 Å². The van der Waals surface area contributed by atoms with Crippen LogP contribution in [0.2, 0.25) is 0 Å². The monoisotopic (exact) mass is 416 g/mol. The minimum atomic E-state index is -0.815. The third-order valence-corrected chi connectivity index (χ3v) is 6.90. The molecule has 1 N–H and O–H groups in total. The number of piperazine rings is 1. The summed E-state index contributed by atoms with van der Waals surface area (Å²) >= 11 is 0. The first-order valence-corrected chi connectivity index (χ1v) is 10.8. The molecule has 7 nitrogen and oxygen atoms in total. The molecule has 4 amide bonds. The molecule has 0 radical (unpaired) electrons. The number of amides is 4. The van der Waals surface area contributed by atoms with Crippen LogP contribution in [0.3, 0.4) is 0 Å². The van der Waals surface area contributed by atoms with Crippen molar-refractivity contribution < 1.29 is 18.8 Å². The molecule has 0 atom stereocenters. The molecule has 30 heavy (non-hydrogen) atoms. The Balaban J connectivity index is 1.32. The van der Waals surface area contributed by atoms with Crippen molar-refractivity contribution in [3.8, 4) is 0 Å². The molecule has 3 fully saturated rings. The number of imide groups is 1. The second kappa shape index (κ2) is 8.24. The molecule has 1 aromatic carbocycles. The van der Waals surface area contributed by atoms with Crippen molar-refractivity contribution in [1.29, 1.82) is 0 Å². The Bertz CT molecular complexity index is 812. The van der Waals surface area contributed by atoms with Crippen LogP contribution in [0.15, 0.2) is 24.3 Å². The largest absolute Gasteiger partial charge is 0.368 e. The fourth-order valence-corrected chi connectivity index (χ4v) is 4.84. The summed E-state index contributed by atoms with van der Waals surface area (Å²) in [5.41, 5.74) is 0.104. The van der Waals surface area contributed by atoms with E-state index >= 15 is 0 Å². The highest BCUT2D eigenvalue weighted by Gasteiger charge is 2.52. The molecule has 162 valence electrons. The molecule has 1 spiro atoms. The second-order valence-corrected chi connectivity index (χ2v) is 8.60. The number of carbonyl (C=O) groups excluding carboxylic acids is 3. The van der Waals surface area contributed by atoms with Gasteiger partial charge in [-0.25, -0.2) is 9.18 Å². The first-order valence-electron chi connectivity index (χ1n) is 10.8. The lowest BCUT2D eigenvalue weighted by Crippen LogP contribution is -2.52. The van der Waals surface area contributed by atoms with Gasteiger partial charge < -0.3 is 15.1 Å². The maximum absolute atomic E-state index is 13.1. The van der Waals surface area contributed by atoms with Gasteiger partial charge in [0.1, 0.15) is 17.9 Å². The van der Waals surface area contributed by atoms with E-state index in [2.05, 4.69) is 17.1 Å². The van der Waals surface area contributed by atoms with Crippen LogP contribution in [0.25, 0.3) is 0 Å². The van der Waals surface area contributed by atoms with Crippen LogP contribution in [0.1, 0.15) is 39.0 Å². The molecule has 2 aliphatic heterocycles. The molecule has 4 rings (SSSR count). The van der Waals surface area contributed by atoms with E-state index in [1.807, 2.05) is 0 Å². The number of halogens is 1. The highest BCUT2D eigenvalue weighted by Crippen LogP contribution is 2.37. The zero-order chi connectivity index (χ0) is 21.3. The van der Waals surface area contributed by atoms with Crippen LogP contribution in [-0.2, 0) is 9.59 Å². The number of hydrogen-bond acceptors (Lipinski definition) is 4. The fourth-order valence-electron chi connectivity index (χ4n) is 4.84. The predicted molar refractivity (Wildman–Crippen MR) is 110 cm³/mol. The van der Waals surface area contributed by atoms with Crippen molar-refractivity contribution in [2.75, 3.05) is 37.6 Å². The lowest BCUT2D eigenvalue weighted by atomic mass is 9.75. The standard InChI is InChI=1S/C22H29FN4O3/c1-2-16-7-9-22(10-8-16)20(29)27(21(30)24-22)15-19(28)26-13-11-25(12-14-26)18-5-3-17(23)4-6-18/h3-6,16H,2,7-15H2,1H3,(H,24,30). The predicted octanol–water partition coefficient (Wildman–Crippen LogP) is 2.37. The Morgan fingerprint density at radius 1 is 1.10 bits per heavy atom. The lowest BCUT2D eigenvalue weighted by molar-refractivity contribution is -0.139. The Labute approximate surface area is 176 Å². The zero-order valence-corrected chi connectivity index (χ0v) is 17.4. The number of rotatable bonds is 4. The molecular formula is C22H29FN4O3. The van der Waals surface area contributed by atoms with Gasteiger partial charge in [0.05, 0.1) is 0 Å². The highest BCUT2D eigenvalue weighted by molar-refractivity contribution is 6.09. The van der Waals surface area contributed by atoms with E-state index in [4.69, 9.17) is 0 Å². The number of carbonyl (C=O) groups is 3. The molecule has 0 unspecified atom stereocenters. The van der Waals surface area contributed by atoms with E-state index in [1.165, 1.54) is 12.1 Å². The number of nitrogens with one attached hydrogen (secondary N) is 1. The molecule has 2 heterocycles. The molecule has 8 heteroatoms. The number of hydrogen-bond donors (Lipinski definition) is 1. The quantitative estimate of drug-likeness (QED) is 0.765. The van der Waals surface area contributed by atoms with E-state index in [0.717, 1.165) is 29.8 Å². The highest BCUT2D eigenvalue weighted by atomic mass is 19.1. The minimum absolute atomic E-state index is 0.208. The maximum atomic E-state index is 13.1. The number of nitrogens with zero attached hydrogens (tertiary/aromatic N) is 3. The van der Waals surface area contributed by atoms with E-state index in [-0.39, 0.29) is 24.2 Å². The second-order valence-electron chi connectivity index (χ2n) is 8.60. The molecule has 0 aromatic heterocycles. The summed E-state index contributed by atoms with van der Waals surface area (Å²) in [6.45, 7) is 4.20. The normalized spacial score (nSPS) is 27.0. The molecule has 1 aliphatic carbocycles. The van der Waals surface area contributed by atoms with Crippen molar-refractivity contribution in [3.63, 3.8) is 0 Å². The molecule has 3 aliphatic rings. The summed E-state index contributed by atoms with van der Waals surface area (Å²) in [7, 11) is 0. The smallest absolute Gasteiger partial charge is 0.325 e. The van der Waals surface area contributed by atoms with Crippen LogP contribution in [0, 0.1) is 11.7 Å². The van der Waals surface area contributed by atoms with Gasteiger partial charge in [-0.2, -0.15) is 0 Å². The van der Waals surface area contributed by atoms with E-state index in [9.17, 15) is 18.8 Å². The Hall–Kier alpha value is -2.64. The van der Waals surface area contributed by atoms with Crippen LogP contribution in [0.4, 0.5) is 14.9 Å². The van der Waals surface area contributed by atoms with Gasteiger partial charge in [-0.3, -0.25) is 14.5 Å². The van der Waals surface area contributed by atoms with E-state index in [0.29, 0.717) is 44.9 Å². The summed E-state index contributed by atoms with van der Waals surface area (Å²) in [6.07, 6.45) is 4.24. The fraction of sp³-hybridized carbons (Fsp3) is 0.591. The number of anilines is 1. The van der Waals surface area contributed by atoms with Crippen molar-refractivity contribution in [1.82, 2.24) is 15.1 Å². The van der Waals surface area contributed by atoms with Crippen molar-refractivity contribution in [2.24, 2.45) is 5.92 Å². The maximum Gasteiger partial charge on any atom is 0.325 e. The number of benzene rings is 1. The SMILES string of the molecule is CCC1CCC2(CC1)NC(=O)N(CC(=O)N1CCN(c3ccc(F)cc3)CC1)C2=O. The summed E-state index contributed by atoms with van der Waals surface area (Å²) < 4.78 is 13.1. The van der Waals surface area contributed by atoms with Crippen LogP contribution in [0.5, 0.6) is 0 Å². The third kappa shape index (κ3) is 3.87. The van der Waals surface area contributed by atoms with Gasteiger partial charge in [-0.15, -0.1) is 0 Å². The lowest BCUT2D eigenvalue weighted by Gasteiger charge is -2.37. The van der Waals surface area contributed by atoms with Gasteiger partial charge in [-0.1, -0.05) is 13.3 Å². The molecule has 1 saturated carbocycles. The topological polar surface area (TPSA) is 73.0 Å². The van der Waals surface area contributed by atoms with Gasteiger partial charge >= 0.3 is 6.03 Å². The Morgan fingerprint density at radius 2 is 1.73 bits per heavy atom. The number of urea groups is 1.